The minimum absolute atomic E-state index is 0.156. The number of rotatable bonds is 4. The molecule has 2 aromatic rings. The first kappa shape index (κ1) is 13.1. The molecule has 2 rings (SSSR count). The highest BCUT2D eigenvalue weighted by atomic mass is 79.9. The summed E-state index contributed by atoms with van der Waals surface area (Å²) in [5, 5.41) is 6.34. The predicted molar refractivity (Wildman–Crippen MR) is 79.0 cm³/mol. The zero-order valence-corrected chi connectivity index (χ0v) is 12.6. The van der Waals surface area contributed by atoms with Gasteiger partial charge < -0.3 is 5.32 Å². The summed E-state index contributed by atoms with van der Waals surface area (Å²) < 4.78 is 1.11. The fourth-order valence-electron chi connectivity index (χ4n) is 1.77. The van der Waals surface area contributed by atoms with E-state index in [1.165, 1.54) is 10.4 Å². The fraction of sp³-hybridized carbons (Fsp3) is 0.231. The van der Waals surface area contributed by atoms with Crippen molar-refractivity contribution >= 4 is 38.9 Å². The molecule has 0 bridgehead atoms. The van der Waals surface area contributed by atoms with Crippen LogP contribution in [0.1, 0.15) is 23.4 Å². The van der Waals surface area contributed by atoms with E-state index in [2.05, 4.69) is 40.3 Å². The number of hydrogen-bond acceptors (Lipinski definition) is 2. The Bertz CT molecular complexity index is 498. The maximum atomic E-state index is 6.23. The lowest BCUT2D eigenvalue weighted by molar-refractivity contribution is 0.638. The van der Waals surface area contributed by atoms with Crippen LogP contribution in [0.3, 0.4) is 0 Å². The van der Waals surface area contributed by atoms with E-state index in [4.69, 9.17) is 11.6 Å². The van der Waals surface area contributed by atoms with Crippen LogP contribution in [0, 0.1) is 0 Å². The van der Waals surface area contributed by atoms with Gasteiger partial charge in [-0.2, -0.15) is 0 Å². The van der Waals surface area contributed by atoms with Gasteiger partial charge in [-0.3, -0.25) is 0 Å². The largest absolute Gasteiger partial charge is 0.306 e. The van der Waals surface area contributed by atoms with Crippen molar-refractivity contribution in [3.63, 3.8) is 0 Å². The van der Waals surface area contributed by atoms with E-state index >= 15 is 0 Å². The summed E-state index contributed by atoms with van der Waals surface area (Å²) in [4.78, 5) is 1.17. The average molecular weight is 331 g/mol. The summed E-state index contributed by atoms with van der Waals surface area (Å²) in [5.41, 5.74) is 1.22. The molecule has 1 nitrogen and oxygen atoms in total. The predicted octanol–water partition coefficient (Wildman–Crippen LogP) is 4.86. The zero-order chi connectivity index (χ0) is 12.3. The highest BCUT2D eigenvalue weighted by Crippen LogP contribution is 2.35. The third-order valence-corrected chi connectivity index (χ3v) is 4.68. The summed E-state index contributed by atoms with van der Waals surface area (Å²) in [6.45, 7) is 3.01. The molecule has 0 spiro atoms. The first-order valence-electron chi connectivity index (χ1n) is 5.44. The van der Waals surface area contributed by atoms with Gasteiger partial charge in [0, 0.05) is 9.35 Å². The van der Waals surface area contributed by atoms with Crippen molar-refractivity contribution < 1.29 is 0 Å². The maximum absolute atomic E-state index is 6.23. The Morgan fingerprint density at radius 2 is 2.12 bits per heavy atom. The Morgan fingerprint density at radius 1 is 1.35 bits per heavy atom. The first-order valence-corrected chi connectivity index (χ1v) is 7.49. The molecule has 0 radical (unpaired) electrons. The standard InChI is InChI=1S/C13H13BrClNS/c1-2-16-12(13-11(15)7-8-17-13)9-5-3-4-6-10(9)14/h3-8,12,16H,2H2,1H3. The van der Waals surface area contributed by atoms with Gasteiger partial charge in [-0.1, -0.05) is 52.7 Å². The van der Waals surface area contributed by atoms with Crippen LogP contribution in [0.15, 0.2) is 40.2 Å². The Morgan fingerprint density at radius 3 is 2.71 bits per heavy atom. The molecule has 1 N–H and O–H groups in total. The third kappa shape index (κ3) is 2.91. The summed E-state index contributed by atoms with van der Waals surface area (Å²) in [7, 11) is 0. The second kappa shape index (κ2) is 6.01. The Kier molecular flexibility index (Phi) is 4.62. The molecule has 0 fully saturated rings. The van der Waals surface area contributed by atoms with Crippen LogP contribution >= 0.6 is 38.9 Å². The van der Waals surface area contributed by atoms with E-state index in [0.717, 1.165) is 16.0 Å². The first-order chi connectivity index (χ1) is 8.24. The molecule has 0 amide bonds. The number of nitrogens with one attached hydrogen (secondary N) is 1. The van der Waals surface area contributed by atoms with Crippen LogP contribution in [0.5, 0.6) is 0 Å². The van der Waals surface area contributed by atoms with Gasteiger partial charge in [0.1, 0.15) is 0 Å². The SMILES string of the molecule is CCNC(c1ccccc1Br)c1sccc1Cl. The molecule has 1 heterocycles. The third-order valence-electron chi connectivity index (χ3n) is 2.53. The number of hydrogen-bond donors (Lipinski definition) is 1. The molecule has 1 aromatic heterocycles. The molecule has 0 aliphatic heterocycles. The molecule has 1 atom stereocenters. The molecule has 0 saturated carbocycles. The molecular weight excluding hydrogens is 318 g/mol. The van der Waals surface area contributed by atoms with Gasteiger partial charge in [0.05, 0.1) is 11.1 Å². The number of thiophene rings is 1. The zero-order valence-electron chi connectivity index (χ0n) is 9.41. The quantitative estimate of drug-likeness (QED) is 0.844. The molecule has 0 aliphatic carbocycles. The van der Waals surface area contributed by atoms with Crippen molar-refractivity contribution in [3.8, 4) is 0 Å². The molecular formula is C13H13BrClNS. The van der Waals surface area contributed by atoms with E-state index in [9.17, 15) is 0 Å². The topological polar surface area (TPSA) is 12.0 Å². The van der Waals surface area contributed by atoms with Gasteiger partial charge in [-0.25, -0.2) is 0 Å². The summed E-state index contributed by atoms with van der Waals surface area (Å²) in [5.74, 6) is 0. The molecule has 1 unspecified atom stereocenters. The highest BCUT2D eigenvalue weighted by molar-refractivity contribution is 9.10. The van der Waals surface area contributed by atoms with Crippen LogP contribution < -0.4 is 5.32 Å². The van der Waals surface area contributed by atoms with Crippen molar-refractivity contribution in [2.75, 3.05) is 6.54 Å². The Balaban J connectivity index is 2.43. The molecule has 0 aliphatic rings. The minimum atomic E-state index is 0.156. The van der Waals surface area contributed by atoms with Crippen molar-refractivity contribution in [1.29, 1.82) is 0 Å². The highest BCUT2D eigenvalue weighted by Gasteiger charge is 2.19. The van der Waals surface area contributed by atoms with Gasteiger partial charge in [0.2, 0.25) is 0 Å². The van der Waals surface area contributed by atoms with E-state index in [1.807, 2.05) is 23.6 Å². The minimum Gasteiger partial charge on any atom is -0.306 e. The lowest BCUT2D eigenvalue weighted by Gasteiger charge is -2.19. The molecule has 17 heavy (non-hydrogen) atoms. The summed E-state index contributed by atoms with van der Waals surface area (Å²) in [6, 6.07) is 10.3. The Labute approximate surface area is 119 Å². The number of benzene rings is 1. The van der Waals surface area contributed by atoms with Crippen LogP contribution in [0.2, 0.25) is 5.02 Å². The van der Waals surface area contributed by atoms with E-state index in [-0.39, 0.29) is 6.04 Å². The van der Waals surface area contributed by atoms with E-state index in [0.29, 0.717) is 0 Å². The maximum Gasteiger partial charge on any atom is 0.0697 e. The van der Waals surface area contributed by atoms with Crippen molar-refractivity contribution in [1.82, 2.24) is 5.32 Å². The van der Waals surface area contributed by atoms with E-state index < -0.39 is 0 Å². The number of halogens is 2. The molecule has 4 heteroatoms. The van der Waals surface area contributed by atoms with Crippen molar-refractivity contribution in [2.45, 2.75) is 13.0 Å². The lowest BCUT2D eigenvalue weighted by atomic mass is 10.1. The second-order valence-corrected chi connectivity index (χ2v) is 5.85. The van der Waals surface area contributed by atoms with Gasteiger partial charge in [0.25, 0.3) is 0 Å². The van der Waals surface area contributed by atoms with Crippen LogP contribution in [0.25, 0.3) is 0 Å². The van der Waals surface area contributed by atoms with Crippen LogP contribution in [-0.4, -0.2) is 6.54 Å². The smallest absolute Gasteiger partial charge is 0.0697 e. The van der Waals surface area contributed by atoms with Gasteiger partial charge in [0.15, 0.2) is 0 Å². The van der Waals surface area contributed by atoms with Crippen LogP contribution in [-0.2, 0) is 0 Å². The van der Waals surface area contributed by atoms with Gasteiger partial charge >= 0.3 is 0 Å². The molecule has 0 saturated heterocycles. The van der Waals surface area contributed by atoms with Gasteiger partial charge in [-0.05, 0) is 29.6 Å². The Hall–Kier alpha value is -0.350. The second-order valence-electron chi connectivity index (χ2n) is 3.64. The monoisotopic (exact) mass is 329 g/mol. The lowest BCUT2D eigenvalue weighted by Crippen LogP contribution is -2.21. The summed E-state index contributed by atoms with van der Waals surface area (Å²) >= 11 is 11.5. The van der Waals surface area contributed by atoms with Gasteiger partial charge in [-0.15, -0.1) is 11.3 Å². The fourth-order valence-corrected chi connectivity index (χ4v) is 3.54. The average Bonchev–Trinajstić information content (AvgIpc) is 2.74. The molecule has 90 valence electrons. The van der Waals surface area contributed by atoms with E-state index in [1.54, 1.807) is 11.3 Å². The van der Waals surface area contributed by atoms with Crippen molar-refractivity contribution in [3.05, 3.63) is 55.6 Å². The summed E-state index contributed by atoms with van der Waals surface area (Å²) in [6.07, 6.45) is 0. The normalized spacial score (nSPS) is 12.6. The molecule has 1 aromatic carbocycles. The van der Waals surface area contributed by atoms with Crippen LogP contribution in [0.4, 0.5) is 0 Å². The van der Waals surface area contributed by atoms with Crippen molar-refractivity contribution in [2.24, 2.45) is 0 Å².